The quantitative estimate of drug-likeness (QED) is 0.358. The molecule has 3 heterocycles. The van der Waals surface area contributed by atoms with Crippen molar-refractivity contribution in [2.45, 2.75) is 32.1 Å². The molecule has 2 aromatic heterocycles. The summed E-state index contributed by atoms with van der Waals surface area (Å²) in [4.78, 5) is 24.2. The van der Waals surface area contributed by atoms with Crippen molar-refractivity contribution in [3.8, 4) is 0 Å². The van der Waals surface area contributed by atoms with Crippen LogP contribution in [0.15, 0.2) is 54.6 Å². The number of anilines is 2. The minimum absolute atomic E-state index is 0.0121. The van der Waals surface area contributed by atoms with Gasteiger partial charge >= 0.3 is 0 Å². The monoisotopic (exact) mass is 516 g/mol. The third-order valence-corrected chi connectivity index (χ3v) is 8.97. The molecule has 2 N–H and O–H groups in total. The van der Waals surface area contributed by atoms with Crippen LogP contribution in [0.25, 0.3) is 10.2 Å². The van der Waals surface area contributed by atoms with E-state index >= 15 is 0 Å². The average Bonchev–Trinajstić information content (AvgIpc) is 3.23. The number of benzene rings is 2. The van der Waals surface area contributed by atoms with Crippen LogP contribution in [0.3, 0.4) is 0 Å². The van der Waals surface area contributed by atoms with Crippen LogP contribution < -0.4 is 10.6 Å². The molecule has 1 amide bonds. The van der Waals surface area contributed by atoms with Crippen LogP contribution in [-0.2, 0) is 12.8 Å². The molecule has 0 radical (unpaired) electrons. The van der Waals surface area contributed by atoms with E-state index in [9.17, 15) is 4.79 Å². The van der Waals surface area contributed by atoms with Gasteiger partial charge in [-0.15, -0.1) is 11.3 Å². The minimum atomic E-state index is 0.0121. The molecule has 5 nitrogen and oxygen atoms in total. The molecular weight excluding hydrogens is 488 g/mol. The number of nitrogens with two attached hydrogens (primary N) is 1. The van der Waals surface area contributed by atoms with Crippen molar-refractivity contribution >= 4 is 50.4 Å². The van der Waals surface area contributed by atoms with Gasteiger partial charge in [0, 0.05) is 48.0 Å². The smallest absolute Gasteiger partial charge is 0.266 e. The molecule has 1 fully saturated rings. The fourth-order valence-corrected chi connectivity index (χ4v) is 6.81. The van der Waals surface area contributed by atoms with E-state index in [-0.39, 0.29) is 5.91 Å². The zero-order valence-corrected chi connectivity index (χ0v) is 21.9. The van der Waals surface area contributed by atoms with Crippen molar-refractivity contribution in [1.29, 1.82) is 0 Å². The normalized spacial score (nSPS) is 17.9. The first kappa shape index (κ1) is 23.3. The van der Waals surface area contributed by atoms with Gasteiger partial charge in [-0.2, -0.15) is 0 Å². The Balaban J connectivity index is 1.21. The summed E-state index contributed by atoms with van der Waals surface area (Å²) in [6.45, 7) is 4.94. The number of halogens is 1. The third kappa shape index (κ3) is 4.22. The summed E-state index contributed by atoms with van der Waals surface area (Å²) in [5.41, 5.74) is 13.3. The Kier molecular flexibility index (Phi) is 6.10. The number of hydrogen-bond acceptors (Lipinski definition) is 5. The molecule has 1 unspecified atom stereocenters. The Bertz CT molecular complexity index is 1440. The summed E-state index contributed by atoms with van der Waals surface area (Å²) < 4.78 is 0. The number of nitrogens with zero attached hydrogens (tertiary/aromatic N) is 3. The first-order valence-electron chi connectivity index (χ1n) is 12.5. The summed E-state index contributed by atoms with van der Waals surface area (Å²) in [6, 6.07) is 18.9. The van der Waals surface area contributed by atoms with Crippen molar-refractivity contribution < 1.29 is 4.79 Å². The number of carbonyl (C=O) groups excluding carboxylic acids is 1. The molecule has 36 heavy (non-hydrogen) atoms. The van der Waals surface area contributed by atoms with Gasteiger partial charge in [0.15, 0.2) is 0 Å². The van der Waals surface area contributed by atoms with Crippen LogP contribution in [0.2, 0.25) is 5.02 Å². The van der Waals surface area contributed by atoms with Gasteiger partial charge < -0.3 is 15.5 Å². The molecule has 2 aliphatic rings. The Morgan fingerprint density at radius 2 is 1.86 bits per heavy atom. The molecule has 184 valence electrons. The lowest BCUT2D eigenvalue weighted by Crippen LogP contribution is -2.49. The van der Waals surface area contributed by atoms with Crippen molar-refractivity contribution in [2.24, 2.45) is 0 Å². The van der Waals surface area contributed by atoms with Crippen LogP contribution in [0.1, 0.15) is 44.4 Å². The molecular formula is C29H29ClN4OS. The standard InChI is InChI=1S/C29H29ClN4OS/c1-18-7-9-22(30)17-25(18)33-11-13-34(14-12-33)29(35)27-26(31)23-16-21-15-20(19-5-3-2-4-6-19)8-10-24(21)32-28(23)36-27/h2-7,9,16-17,20H,8,10-15,31H2,1H3. The summed E-state index contributed by atoms with van der Waals surface area (Å²) in [5, 5.41) is 1.65. The minimum Gasteiger partial charge on any atom is -0.397 e. The van der Waals surface area contributed by atoms with E-state index < -0.39 is 0 Å². The number of piperazine rings is 1. The largest absolute Gasteiger partial charge is 0.397 e. The summed E-state index contributed by atoms with van der Waals surface area (Å²) in [7, 11) is 0. The number of nitrogen functional groups attached to an aromatic ring is 1. The molecule has 2 aromatic carbocycles. The molecule has 1 saturated heterocycles. The first-order chi connectivity index (χ1) is 17.5. The van der Waals surface area contributed by atoms with E-state index in [2.05, 4.69) is 48.2 Å². The van der Waals surface area contributed by atoms with Crippen LogP contribution in [0.5, 0.6) is 0 Å². The highest BCUT2D eigenvalue weighted by atomic mass is 35.5. The number of carbonyl (C=O) groups is 1. The van der Waals surface area contributed by atoms with E-state index in [4.69, 9.17) is 22.3 Å². The number of thiophene rings is 1. The summed E-state index contributed by atoms with van der Waals surface area (Å²) in [5.74, 6) is 0.511. The average molecular weight is 517 g/mol. The maximum absolute atomic E-state index is 13.5. The molecule has 1 aliphatic carbocycles. The van der Waals surface area contributed by atoms with Gasteiger partial charge in [-0.3, -0.25) is 4.79 Å². The van der Waals surface area contributed by atoms with Crippen LogP contribution in [0, 0.1) is 6.92 Å². The SMILES string of the molecule is Cc1ccc(Cl)cc1N1CCN(C(=O)c2sc3nc4c(cc3c2N)CC(c2ccccc2)CC4)CC1. The summed E-state index contributed by atoms with van der Waals surface area (Å²) in [6.07, 6.45) is 3.01. The van der Waals surface area contributed by atoms with Crippen molar-refractivity contribution in [2.75, 3.05) is 36.8 Å². The topological polar surface area (TPSA) is 62.5 Å². The molecule has 4 aromatic rings. The van der Waals surface area contributed by atoms with Crippen LogP contribution in [-0.4, -0.2) is 42.0 Å². The maximum Gasteiger partial charge on any atom is 0.266 e. The fraction of sp³-hybridized carbons (Fsp3) is 0.310. The molecule has 0 bridgehead atoms. The lowest BCUT2D eigenvalue weighted by Gasteiger charge is -2.36. The number of pyridine rings is 1. The van der Waals surface area contributed by atoms with Crippen molar-refractivity contribution in [3.05, 3.63) is 86.9 Å². The Morgan fingerprint density at radius 3 is 2.64 bits per heavy atom. The zero-order valence-electron chi connectivity index (χ0n) is 20.3. The number of aromatic nitrogens is 1. The van der Waals surface area contributed by atoms with Gasteiger partial charge in [0.1, 0.15) is 9.71 Å². The lowest BCUT2D eigenvalue weighted by molar-refractivity contribution is 0.0752. The number of fused-ring (bicyclic) bond motifs is 2. The highest BCUT2D eigenvalue weighted by Gasteiger charge is 2.28. The van der Waals surface area contributed by atoms with Crippen molar-refractivity contribution in [1.82, 2.24) is 9.88 Å². The number of rotatable bonds is 3. The molecule has 6 rings (SSSR count). The van der Waals surface area contributed by atoms with E-state index in [1.54, 1.807) is 0 Å². The maximum atomic E-state index is 13.5. The van der Waals surface area contributed by atoms with Crippen LogP contribution >= 0.6 is 22.9 Å². The second kappa shape index (κ2) is 9.41. The van der Waals surface area contributed by atoms with Gasteiger partial charge in [0.25, 0.3) is 5.91 Å². The van der Waals surface area contributed by atoms with Gasteiger partial charge in [-0.05, 0) is 67.0 Å². The second-order valence-corrected chi connectivity index (χ2v) is 11.3. The lowest BCUT2D eigenvalue weighted by atomic mass is 9.82. The molecule has 0 saturated carbocycles. The van der Waals surface area contributed by atoms with Gasteiger partial charge in [-0.1, -0.05) is 48.0 Å². The first-order valence-corrected chi connectivity index (χ1v) is 13.7. The molecule has 1 aliphatic heterocycles. The van der Waals surface area contributed by atoms with E-state index in [0.29, 0.717) is 29.6 Å². The fourth-order valence-electron chi connectivity index (χ4n) is 5.58. The Morgan fingerprint density at radius 1 is 1.08 bits per heavy atom. The van der Waals surface area contributed by atoms with Gasteiger partial charge in [0.2, 0.25) is 0 Å². The summed E-state index contributed by atoms with van der Waals surface area (Å²) >= 11 is 7.67. The second-order valence-electron chi connectivity index (χ2n) is 9.85. The van der Waals surface area contributed by atoms with Crippen LogP contribution in [0.4, 0.5) is 11.4 Å². The van der Waals surface area contributed by atoms with E-state index in [1.165, 1.54) is 28.0 Å². The predicted molar refractivity (Wildman–Crippen MR) is 150 cm³/mol. The van der Waals surface area contributed by atoms with E-state index in [1.807, 2.05) is 23.1 Å². The predicted octanol–water partition coefficient (Wildman–Crippen LogP) is 6.08. The van der Waals surface area contributed by atoms with Gasteiger partial charge in [-0.25, -0.2) is 4.98 Å². The van der Waals surface area contributed by atoms with Crippen molar-refractivity contribution in [3.63, 3.8) is 0 Å². The van der Waals surface area contributed by atoms with Gasteiger partial charge in [0.05, 0.1) is 5.69 Å². The molecule has 7 heteroatoms. The number of amides is 1. The third-order valence-electron chi connectivity index (χ3n) is 7.63. The zero-order chi connectivity index (χ0) is 24.8. The Hall–Kier alpha value is -3.09. The Labute approximate surface area is 220 Å². The highest BCUT2D eigenvalue weighted by Crippen LogP contribution is 2.39. The molecule has 1 atom stereocenters. The number of hydrogen-bond donors (Lipinski definition) is 1. The number of aryl methyl sites for hydroxylation is 2. The molecule has 0 spiro atoms. The highest BCUT2D eigenvalue weighted by molar-refractivity contribution is 7.21. The van der Waals surface area contributed by atoms with E-state index in [0.717, 1.165) is 59.0 Å².